The zero-order valence-electron chi connectivity index (χ0n) is 16.6. The number of hydrogen-bond acceptors (Lipinski definition) is 1. The Balaban J connectivity index is 0.00000280. The Morgan fingerprint density at radius 1 is 0.750 bits per heavy atom. The van der Waals surface area contributed by atoms with E-state index in [1.165, 1.54) is 16.7 Å². The van der Waals surface area contributed by atoms with E-state index in [-0.39, 0.29) is 17.8 Å². The van der Waals surface area contributed by atoms with Crippen molar-refractivity contribution in [1.82, 2.24) is 4.90 Å². The van der Waals surface area contributed by atoms with Crippen LogP contribution in [0.25, 0.3) is 0 Å². The molecule has 0 amide bonds. The molecule has 0 spiro atoms. The molecule has 3 aromatic carbocycles. The van der Waals surface area contributed by atoms with Crippen LogP contribution in [0.2, 0.25) is 0 Å². The Morgan fingerprint density at radius 3 is 1.68 bits per heavy atom. The second kappa shape index (κ2) is 10.7. The van der Waals surface area contributed by atoms with Gasteiger partial charge in [0.25, 0.3) is 0 Å². The molecule has 0 aliphatic heterocycles. The van der Waals surface area contributed by atoms with Crippen molar-refractivity contribution in [2.45, 2.75) is 25.3 Å². The smallest absolute Gasteiger partial charge is 0.0809 e. The SMILES string of the molecule is CCC(C#CCN(C)Cc1ccccc1)(c1ccccc1)c1ccccc1.Cl. The first kappa shape index (κ1) is 21.8. The highest BCUT2D eigenvalue weighted by molar-refractivity contribution is 5.85. The summed E-state index contributed by atoms with van der Waals surface area (Å²) < 4.78 is 0. The average Bonchev–Trinajstić information content (AvgIpc) is 2.73. The van der Waals surface area contributed by atoms with Crippen molar-refractivity contribution >= 4 is 12.4 Å². The van der Waals surface area contributed by atoms with Gasteiger partial charge in [-0.3, -0.25) is 4.90 Å². The summed E-state index contributed by atoms with van der Waals surface area (Å²) >= 11 is 0. The van der Waals surface area contributed by atoms with Crippen LogP contribution in [-0.2, 0) is 12.0 Å². The first-order valence-corrected chi connectivity index (χ1v) is 9.58. The Hall–Kier alpha value is -2.53. The Morgan fingerprint density at radius 2 is 1.21 bits per heavy atom. The molecule has 3 rings (SSSR count). The van der Waals surface area contributed by atoms with Crippen LogP contribution in [0, 0.1) is 11.8 Å². The summed E-state index contributed by atoms with van der Waals surface area (Å²) in [5.41, 5.74) is 3.57. The van der Waals surface area contributed by atoms with Crippen LogP contribution < -0.4 is 0 Å². The lowest BCUT2D eigenvalue weighted by Gasteiger charge is -2.29. The van der Waals surface area contributed by atoms with Gasteiger partial charge in [0.15, 0.2) is 0 Å². The lowest BCUT2D eigenvalue weighted by Crippen LogP contribution is -2.26. The first-order chi connectivity index (χ1) is 13.2. The zero-order valence-corrected chi connectivity index (χ0v) is 17.5. The summed E-state index contributed by atoms with van der Waals surface area (Å²) in [5.74, 6) is 7.11. The number of benzene rings is 3. The molecule has 0 aliphatic rings. The number of rotatable bonds is 6. The fourth-order valence-corrected chi connectivity index (χ4v) is 3.53. The van der Waals surface area contributed by atoms with Crippen LogP contribution in [0.3, 0.4) is 0 Å². The fraction of sp³-hybridized carbons (Fsp3) is 0.231. The molecule has 1 nitrogen and oxygen atoms in total. The zero-order chi connectivity index (χ0) is 19.0. The summed E-state index contributed by atoms with van der Waals surface area (Å²) in [7, 11) is 2.13. The molecule has 0 radical (unpaired) electrons. The third kappa shape index (κ3) is 5.26. The molecule has 0 saturated heterocycles. The molecule has 0 bridgehead atoms. The van der Waals surface area contributed by atoms with E-state index >= 15 is 0 Å². The van der Waals surface area contributed by atoms with Gasteiger partial charge in [-0.25, -0.2) is 0 Å². The molecule has 28 heavy (non-hydrogen) atoms. The lowest BCUT2D eigenvalue weighted by atomic mass is 9.73. The van der Waals surface area contributed by atoms with Crippen molar-refractivity contribution in [1.29, 1.82) is 0 Å². The molecule has 2 heteroatoms. The highest BCUT2D eigenvalue weighted by Crippen LogP contribution is 2.34. The molecule has 0 aromatic heterocycles. The Bertz CT molecular complexity index is 840. The van der Waals surface area contributed by atoms with Crippen LogP contribution in [0.5, 0.6) is 0 Å². The van der Waals surface area contributed by atoms with Crippen LogP contribution in [-0.4, -0.2) is 18.5 Å². The topological polar surface area (TPSA) is 3.24 Å². The molecule has 0 aliphatic carbocycles. The van der Waals surface area contributed by atoms with E-state index in [2.05, 4.69) is 122 Å². The molecule has 0 N–H and O–H groups in total. The van der Waals surface area contributed by atoms with Gasteiger partial charge in [0.05, 0.1) is 12.0 Å². The lowest BCUT2D eigenvalue weighted by molar-refractivity contribution is 0.368. The van der Waals surface area contributed by atoms with E-state index in [0.29, 0.717) is 0 Å². The highest BCUT2D eigenvalue weighted by atomic mass is 35.5. The van der Waals surface area contributed by atoms with Gasteiger partial charge in [0.1, 0.15) is 0 Å². The highest BCUT2D eigenvalue weighted by Gasteiger charge is 2.30. The van der Waals surface area contributed by atoms with Crippen LogP contribution in [0.15, 0.2) is 91.0 Å². The van der Waals surface area contributed by atoms with E-state index in [9.17, 15) is 0 Å². The summed E-state index contributed by atoms with van der Waals surface area (Å²) in [4.78, 5) is 2.26. The Labute approximate surface area is 175 Å². The molecular weight excluding hydrogens is 362 g/mol. The minimum absolute atomic E-state index is 0. The minimum Gasteiger partial charge on any atom is -0.291 e. The number of nitrogens with zero attached hydrogens (tertiary/aromatic N) is 1. The van der Waals surface area contributed by atoms with Crippen molar-refractivity contribution in [2.75, 3.05) is 13.6 Å². The molecule has 0 saturated carbocycles. The van der Waals surface area contributed by atoms with Crippen molar-refractivity contribution < 1.29 is 0 Å². The number of halogens is 1. The van der Waals surface area contributed by atoms with Gasteiger partial charge in [0, 0.05) is 6.54 Å². The molecular formula is C26H28ClN. The summed E-state index contributed by atoms with van der Waals surface area (Å²) in [6.07, 6.45) is 0.941. The summed E-state index contributed by atoms with van der Waals surface area (Å²) in [6, 6.07) is 31.9. The van der Waals surface area contributed by atoms with Gasteiger partial charge >= 0.3 is 0 Å². The van der Waals surface area contributed by atoms with Crippen molar-refractivity contribution in [3.63, 3.8) is 0 Å². The third-order valence-electron chi connectivity index (χ3n) is 5.01. The maximum Gasteiger partial charge on any atom is 0.0809 e. The summed E-state index contributed by atoms with van der Waals surface area (Å²) in [6.45, 7) is 3.88. The maximum absolute atomic E-state index is 3.64. The largest absolute Gasteiger partial charge is 0.291 e. The first-order valence-electron chi connectivity index (χ1n) is 9.58. The van der Waals surface area contributed by atoms with Crippen molar-refractivity contribution in [3.8, 4) is 11.8 Å². The Kier molecular flexibility index (Phi) is 8.33. The quantitative estimate of drug-likeness (QED) is 0.471. The number of hydrogen-bond donors (Lipinski definition) is 0. The maximum atomic E-state index is 3.64. The van der Waals surface area contributed by atoms with Crippen molar-refractivity contribution in [3.05, 3.63) is 108 Å². The minimum atomic E-state index is -0.268. The van der Waals surface area contributed by atoms with Crippen LogP contribution in [0.4, 0.5) is 0 Å². The summed E-state index contributed by atoms with van der Waals surface area (Å²) in [5, 5.41) is 0. The van der Waals surface area contributed by atoms with Crippen LogP contribution in [0.1, 0.15) is 30.0 Å². The molecule has 0 unspecified atom stereocenters. The third-order valence-corrected chi connectivity index (χ3v) is 5.01. The van der Waals surface area contributed by atoms with E-state index in [4.69, 9.17) is 0 Å². The van der Waals surface area contributed by atoms with E-state index in [0.717, 1.165) is 19.5 Å². The fourth-order valence-electron chi connectivity index (χ4n) is 3.53. The van der Waals surface area contributed by atoms with Gasteiger partial charge < -0.3 is 0 Å². The second-order valence-corrected chi connectivity index (χ2v) is 6.95. The molecule has 0 atom stereocenters. The molecule has 3 aromatic rings. The predicted octanol–water partition coefficient (Wildman–Crippen LogP) is 5.94. The van der Waals surface area contributed by atoms with Crippen LogP contribution >= 0.6 is 12.4 Å². The molecule has 0 heterocycles. The van der Waals surface area contributed by atoms with Crippen molar-refractivity contribution in [2.24, 2.45) is 0 Å². The van der Waals surface area contributed by atoms with E-state index in [1.54, 1.807) is 0 Å². The van der Waals surface area contributed by atoms with Gasteiger partial charge in [-0.1, -0.05) is 110 Å². The average molecular weight is 390 g/mol. The van der Waals surface area contributed by atoms with Gasteiger partial charge in [-0.05, 0) is 30.2 Å². The molecule has 144 valence electrons. The van der Waals surface area contributed by atoms with Gasteiger partial charge in [-0.2, -0.15) is 0 Å². The van der Waals surface area contributed by atoms with E-state index in [1.807, 2.05) is 0 Å². The van der Waals surface area contributed by atoms with Gasteiger partial charge in [-0.15, -0.1) is 12.4 Å². The predicted molar refractivity (Wildman–Crippen MR) is 122 cm³/mol. The molecule has 0 fully saturated rings. The van der Waals surface area contributed by atoms with E-state index < -0.39 is 0 Å². The normalized spacial score (nSPS) is 10.7. The monoisotopic (exact) mass is 389 g/mol. The standard InChI is InChI=1S/C26H27N.ClH/c1-3-26(24-16-9-5-10-17-24,25-18-11-6-12-19-25)20-13-21-27(2)22-23-14-7-4-8-15-23;/h4-12,14-19H,3,21-22H2,1-2H3;1H. The van der Waals surface area contributed by atoms with Gasteiger partial charge in [0.2, 0.25) is 0 Å². The second-order valence-electron chi connectivity index (χ2n) is 6.95.